The van der Waals surface area contributed by atoms with Gasteiger partial charge in [0, 0.05) is 42.4 Å². The molecule has 0 saturated carbocycles. The Morgan fingerprint density at radius 1 is 1.43 bits per heavy atom. The van der Waals surface area contributed by atoms with Gasteiger partial charge in [0.1, 0.15) is 5.82 Å². The monoisotopic (exact) mass is 350 g/mol. The molecule has 6 nitrogen and oxygen atoms in total. The van der Waals surface area contributed by atoms with Crippen molar-refractivity contribution >= 4 is 33.6 Å². The van der Waals surface area contributed by atoms with E-state index in [4.69, 9.17) is 0 Å². The van der Waals surface area contributed by atoms with Gasteiger partial charge in [-0.15, -0.1) is 0 Å². The normalized spacial score (nSPS) is 18.4. The minimum Gasteiger partial charge on any atom is -0.314 e. The number of nitrogens with zero attached hydrogens (tertiary/aromatic N) is 3. The average Bonchev–Trinajstić information content (AvgIpc) is 2.80. The number of amides is 2. The third kappa shape index (κ3) is 3.30. The molecule has 2 aliphatic rings. The van der Waals surface area contributed by atoms with E-state index >= 15 is 0 Å². The molecule has 3 rings (SSSR count). The molecule has 2 aliphatic heterocycles. The molecule has 1 N–H and O–H groups in total. The van der Waals surface area contributed by atoms with Gasteiger partial charge in [-0.05, 0) is 12.1 Å². The number of rotatable bonds is 3. The van der Waals surface area contributed by atoms with E-state index < -0.39 is 0 Å². The van der Waals surface area contributed by atoms with Gasteiger partial charge >= 0.3 is 0 Å². The molecule has 0 radical (unpaired) electrons. The summed E-state index contributed by atoms with van der Waals surface area (Å²) < 4.78 is 0.871. The Morgan fingerprint density at radius 3 is 3.10 bits per heavy atom. The van der Waals surface area contributed by atoms with Crippen molar-refractivity contribution < 1.29 is 9.59 Å². The first-order chi connectivity index (χ1) is 10.1. The molecule has 1 fully saturated rings. The first-order valence-corrected chi connectivity index (χ1v) is 7.54. The van der Waals surface area contributed by atoms with Crippen LogP contribution >= 0.6 is 15.9 Å². The van der Waals surface area contributed by atoms with Crippen LogP contribution in [-0.2, 0) is 9.59 Å². The van der Waals surface area contributed by atoms with Gasteiger partial charge in [0.05, 0.1) is 6.54 Å². The van der Waals surface area contributed by atoms with Crippen LogP contribution in [-0.4, -0.2) is 52.8 Å². The lowest BCUT2D eigenvalue weighted by Gasteiger charge is -2.33. The van der Waals surface area contributed by atoms with Crippen molar-refractivity contribution in [1.29, 1.82) is 0 Å². The van der Waals surface area contributed by atoms with Crippen LogP contribution in [0.25, 0.3) is 0 Å². The number of halogens is 1. The van der Waals surface area contributed by atoms with Gasteiger partial charge in [-0.3, -0.25) is 14.5 Å². The van der Waals surface area contributed by atoms with E-state index in [1.165, 1.54) is 0 Å². The standard InChI is InChI=1S/C14H15BrN4O2/c15-10-3-4-16-12(7-10)17-13(20)9-18-5-6-19-11(8-18)1-2-14(19)21/h1,3-4,7H,2,5-6,8-9H2,(H,16,17,20). The second kappa shape index (κ2) is 5.95. The Labute approximate surface area is 130 Å². The highest BCUT2D eigenvalue weighted by molar-refractivity contribution is 9.10. The van der Waals surface area contributed by atoms with E-state index in [2.05, 4.69) is 26.2 Å². The van der Waals surface area contributed by atoms with E-state index in [0.717, 1.165) is 10.2 Å². The number of fused-ring (bicyclic) bond motifs is 1. The molecule has 1 saturated heterocycles. The van der Waals surface area contributed by atoms with E-state index in [0.29, 0.717) is 38.4 Å². The highest BCUT2D eigenvalue weighted by atomic mass is 79.9. The van der Waals surface area contributed by atoms with Crippen LogP contribution < -0.4 is 5.32 Å². The summed E-state index contributed by atoms with van der Waals surface area (Å²) in [5.74, 6) is 0.592. The highest BCUT2D eigenvalue weighted by Crippen LogP contribution is 2.21. The summed E-state index contributed by atoms with van der Waals surface area (Å²) in [4.78, 5) is 31.6. The third-order valence-corrected chi connectivity index (χ3v) is 4.04. The number of carbonyl (C=O) groups excluding carboxylic acids is 2. The molecule has 1 aromatic heterocycles. The van der Waals surface area contributed by atoms with Crippen molar-refractivity contribution in [2.75, 3.05) is 31.5 Å². The van der Waals surface area contributed by atoms with Crippen molar-refractivity contribution in [2.24, 2.45) is 0 Å². The fourth-order valence-electron chi connectivity index (χ4n) is 2.55. The third-order valence-electron chi connectivity index (χ3n) is 3.54. The summed E-state index contributed by atoms with van der Waals surface area (Å²) in [6, 6.07) is 3.56. The fourth-order valence-corrected chi connectivity index (χ4v) is 2.88. The molecule has 3 heterocycles. The molecule has 110 valence electrons. The van der Waals surface area contributed by atoms with E-state index in [1.54, 1.807) is 18.3 Å². The number of hydrogen-bond donors (Lipinski definition) is 1. The molecule has 0 unspecified atom stereocenters. The zero-order chi connectivity index (χ0) is 14.8. The molecule has 0 bridgehead atoms. The van der Waals surface area contributed by atoms with Crippen LogP contribution in [0.15, 0.2) is 34.6 Å². The maximum atomic E-state index is 12.0. The van der Waals surface area contributed by atoms with Crippen LogP contribution in [0.3, 0.4) is 0 Å². The van der Waals surface area contributed by atoms with Crippen molar-refractivity contribution in [3.63, 3.8) is 0 Å². The summed E-state index contributed by atoms with van der Waals surface area (Å²) in [7, 11) is 0. The molecular weight excluding hydrogens is 336 g/mol. The molecule has 0 aromatic carbocycles. The van der Waals surface area contributed by atoms with Gasteiger partial charge in [0.2, 0.25) is 11.8 Å². The van der Waals surface area contributed by atoms with Crippen molar-refractivity contribution in [2.45, 2.75) is 6.42 Å². The molecule has 0 atom stereocenters. The minimum absolute atomic E-state index is 0.0982. The summed E-state index contributed by atoms with van der Waals surface area (Å²) in [5, 5.41) is 2.78. The predicted molar refractivity (Wildman–Crippen MR) is 81.4 cm³/mol. The second-order valence-electron chi connectivity index (χ2n) is 5.06. The molecule has 7 heteroatoms. The number of carbonyl (C=O) groups is 2. The van der Waals surface area contributed by atoms with E-state index in [-0.39, 0.29) is 11.8 Å². The smallest absolute Gasteiger partial charge is 0.239 e. The lowest BCUT2D eigenvalue weighted by molar-refractivity contribution is -0.128. The summed E-state index contributed by atoms with van der Waals surface area (Å²) >= 11 is 3.34. The number of pyridine rings is 1. The van der Waals surface area contributed by atoms with Gasteiger partial charge in [-0.25, -0.2) is 4.98 Å². The lowest BCUT2D eigenvalue weighted by atomic mass is 10.2. The molecule has 1 aromatic rings. The Hall–Kier alpha value is -1.73. The summed E-state index contributed by atoms with van der Waals surface area (Å²) in [6.45, 7) is 2.31. The topological polar surface area (TPSA) is 65.5 Å². The van der Waals surface area contributed by atoms with Crippen molar-refractivity contribution in [1.82, 2.24) is 14.8 Å². The number of hydrogen-bond acceptors (Lipinski definition) is 4. The first-order valence-electron chi connectivity index (χ1n) is 6.75. The van der Waals surface area contributed by atoms with E-state index in [1.807, 2.05) is 15.9 Å². The van der Waals surface area contributed by atoms with Crippen LogP contribution in [0.5, 0.6) is 0 Å². The number of nitrogens with one attached hydrogen (secondary N) is 1. The van der Waals surface area contributed by atoms with E-state index in [9.17, 15) is 9.59 Å². The van der Waals surface area contributed by atoms with Crippen LogP contribution in [0.2, 0.25) is 0 Å². The Morgan fingerprint density at radius 2 is 2.29 bits per heavy atom. The predicted octanol–water partition coefficient (Wildman–Crippen LogP) is 1.21. The van der Waals surface area contributed by atoms with Crippen molar-refractivity contribution in [3.8, 4) is 0 Å². The molecule has 0 aliphatic carbocycles. The Balaban J connectivity index is 1.55. The van der Waals surface area contributed by atoms with Gasteiger partial charge < -0.3 is 10.2 Å². The maximum Gasteiger partial charge on any atom is 0.239 e. The van der Waals surface area contributed by atoms with Crippen LogP contribution in [0.4, 0.5) is 5.82 Å². The maximum absolute atomic E-state index is 12.0. The fraction of sp³-hybridized carbons (Fsp3) is 0.357. The summed E-state index contributed by atoms with van der Waals surface area (Å²) in [6.07, 6.45) is 4.06. The second-order valence-corrected chi connectivity index (χ2v) is 5.98. The van der Waals surface area contributed by atoms with Gasteiger partial charge in [0.15, 0.2) is 0 Å². The van der Waals surface area contributed by atoms with Gasteiger partial charge in [0.25, 0.3) is 0 Å². The quantitative estimate of drug-likeness (QED) is 0.889. The molecule has 2 amide bonds. The number of aromatic nitrogens is 1. The number of anilines is 1. The lowest BCUT2D eigenvalue weighted by Crippen LogP contribution is -2.47. The van der Waals surface area contributed by atoms with Crippen LogP contribution in [0, 0.1) is 0 Å². The van der Waals surface area contributed by atoms with Gasteiger partial charge in [-0.1, -0.05) is 22.0 Å². The summed E-state index contributed by atoms with van der Waals surface area (Å²) in [5.41, 5.74) is 1.01. The first kappa shape index (κ1) is 14.2. The zero-order valence-electron chi connectivity index (χ0n) is 11.4. The molecule has 0 spiro atoms. The van der Waals surface area contributed by atoms with Gasteiger partial charge in [-0.2, -0.15) is 0 Å². The Bertz CT molecular complexity index is 617. The van der Waals surface area contributed by atoms with Crippen molar-refractivity contribution in [3.05, 3.63) is 34.6 Å². The zero-order valence-corrected chi connectivity index (χ0v) is 13.0. The molecule has 21 heavy (non-hydrogen) atoms. The SMILES string of the molecule is O=C(CN1CCN2C(=O)CC=C2C1)Nc1cc(Br)ccn1. The highest BCUT2D eigenvalue weighted by Gasteiger charge is 2.29. The molecular formula is C14H15BrN4O2. The Kier molecular flexibility index (Phi) is 4.03. The largest absolute Gasteiger partial charge is 0.314 e. The minimum atomic E-state index is -0.0982. The van der Waals surface area contributed by atoms with Crippen LogP contribution in [0.1, 0.15) is 6.42 Å². The number of piperazine rings is 1. The average molecular weight is 351 g/mol.